The Kier molecular flexibility index (Phi) is 4.56. The largest absolute Gasteiger partial charge is 0.310 e. The highest BCUT2D eigenvalue weighted by Crippen LogP contribution is 2.22. The number of aromatic nitrogens is 2. The zero-order valence-electron chi connectivity index (χ0n) is 13.2. The summed E-state index contributed by atoms with van der Waals surface area (Å²) in [6, 6.07) is 9.24. The van der Waals surface area contributed by atoms with Crippen LogP contribution < -0.4 is 5.32 Å². The van der Waals surface area contributed by atoms with E-state index in [-0.39, 0.29) is 0 Å². The van der Waals surface area contributed by atoms with Gasteiger partial charge in [-0.2, -0.15) is 5.10 Å². The SMILES string of the molecule is CN(CCNCc1nn(C)c2ccccc12)C1CCCC1. The van der Waals surface area contributed by atoms with E-state index >= 15 is 0 Å². The molecule has 0 aliphatic heterocycles. The molecule has 0 saturated heterocycles. The first kappa shape index (κ1) is 14.5. The van der Waals surface area contributed by atoms with Crippen LogP contribution in [0.2, 0.25) is 0 Å². The van der Waals surface area contributed by atoms with Crippen molar-refractivity contribution in [2.24, 2.45) is 7.05 Å². The minimum absolute atomic E-state index is 0.808. The van der Waals surface area contributed by atoms with E-state index < -0.39 is 0 Å². The van der Waals surface area contributed by atoms with Gasteiger partial charge in [0.25, 0.3) is 0 Å². The molecule has 0 bridgehead atoms. The van der Waals surface area contributed by atoms with Gasteiger partial charge in [-0.15, -0.1) is 0 Å². The van der Waals surface area contributed by atoms with Gasteiger partial charge in [-0.05, 0) is 26.0 Å². The van der Waals surface area contributed by atoms with Gasteiger partial charge in [0.1, 0.15) is 0 Å². The third-order valence-electron chi connectivity index (χ3n) is 4.72. The number of para-hydroxylation sites is 1. The van der Waals surface area contributed by atoms with Crippen molar-refractivity contribution in [1.82, 2.24) is 20.0 Å². The van der Waals surface area contributed by atoms with Crippen molar-refractivity contribution in [2.45, 2.75) is 38.3 Å². The van der Waals surface area contributed by atoms with Gasteiger partial charge in [0.05, 0.1) is 11.2 Å². The Morgan fingerprint density at radius 3 is 2.86 bits per heavy atom. The number of hydrogen-bond donors (Lipinski definition) is 1. The molecule has 0 radical (unpaired) electrons. The molecular formula is C17H26N4. The normalized spacial score (nSPS) is 16.3. The van der Waals surface area contributed by atoms with Crippen LogP contribution in [0.4, 0.5) is 0 Å². The van der Waals surface area contributed by atoms with Gasteiger partial charge in [-0.3, -0.25) is 4.68 Å². The van der Waals surface area contributed by atoms with E-state index in [1.54, 1.807) is 0 Å². The number of hydrogen-bond acceptors (Lipinski definition) is 3. The first-order valence-corrected chi connectivity index (χ1v) is 8.07. The molecule has 1 fully saturated rings. The highest BCUT2D eigenvalue weighted by molar-refractivity contribution is 5.81. The van der Waals surface area contributed by atoms with Crippen LogP contribution in [0.1, 0.15) is 31.4 Å². The number of rotatable bonds is 6. The van der Waals surface area contributed by atoms with Gasteiger partial charge >= 0.3 is 0 Å². The van der Waals surface area contributed by atoms with E-state index in [0.717, 1.165) is 31.4 Å². The second-order valence-electron chi connectivity index (χ2n) is 6.18. The Morgan fingerprint density at radius 1 is 1.29 bits per heavy atom. The first-order valence-electron chi connectivity index (χ1n) is 8.07. The van der Waals surface area contributed by atoms with Crippen LogP contribution in [0.5, 0.6) is 0 Å². The van der Waals surface area contributed by atoms with Gasteiger partial charge in [0.2, 0.25) is 0 Å². The number of benzene rings is 1. The number of likely N-dealkylation sites (N-methyl/N-ethyl adjacent to an activating group) is 1. The molecule has 2 aromatic rings. The van der Waals surface area contributed by atoms with Gasteiger partial charge in [-0.25, -0.2) is 0 Å². The molecule has 0 unspecified atom stereocenters. The Labute approximate surface area is 127 Å². The molecular weight excluding hydrogens is 260 g/mol. The zero-order chi connectivity index (χ0) is 14.7. The summed E-state index contributed by atoms with van der Waals surface area (Å²) >= 11 is 0. The predicted molar refractivity (Wildman–Crippen MR) is 87.3 cm³/mol. The smallest absolute Gasteiger partial charge is 0.0841 e. The average molecular weight is 286 g/mol. The molecule has 1 N–H and O–H groups in total. The number of aryl methyl sites for hydroxylation is 1. The maximum atomic E-state index is 4.62. The lowest BCUT2D eigenvalue weighted by Gasteiger charge is -2.23. The van der Waals surface area contributed by atoms with Crippen LogP contribution in [-0.4, -0.2) is 40.9 Å². The molecule has 1 aromatic carbocycles. The summed E-state index contributed by atoms with van der Waals surface area (Å²) in [5.74, 6) is 0. The standard InChI is InChI=1S/C17H26N4/c1-20(14-7-3-4-8-14)12-11-18-13-16-15-9-5-6-10-17(15)21(2)19-16/h5-6,9-10,14,18H,3-4,7-8,11-13H2,1-2H3. The number of nitrogens with zero attached hydrogens (tertiary/aromatic N) is 3. The molecule has 1 aliphatic carbocycles. The molecule has 0 spiro atoms. The first-order chi connectivity index (χ1) is 10.3. The molecule has 1 saturated carbocycles. The summed E-state index contributed by atoms with van der Waals surface area (Å²) in [7, 11) is 4.27. The van der Waals surface area contributed by atoms with Crippen molar-refractivity contribution < 1.29 is 0 Å². The molecule has 0 atom stereocenters. The Hall–Kier alpha value is -1.39. The predicted octanol–water partition coefficient (Wildman–Crippen LogP) is 2.54. The molecule has 4 nitrogen and oxygen atoms in total. The van der Waals surface area contributed by atoms with Crippen molar-refractivity contribution in [3.8, 4) is 0 Å². The van der Waals surface area contributed by atoms with E-state index in [0.29, 0.717) is 0 Å². The molecule has 0 amide bonds. The highest BCUT2D eigenvalue weighted by atomic mass is 15.3. The van der Waals surface area contributed by atoms with Crippen LogP contribution in [0.3, 0.4) is 0 Å². The van der Waals surface area contributed by atoms with E-state index in [9.17, 15) is 0 Å². The molecule has 3 rings (SSSR count). The van der Waals surface area contributed by atoms with Crippen LogP contribution in [0.15, 0.2) is 24.3 Å². The topological polar surface area (TPSA) is 33.1 Å². The fourth-order valence-corrected chi connectivity index (χ4v) is 3.41. The van der Waals surface area contributed by atoms with Crippen molar-refractivity contribution in [1.29, 1.82) is 0 Å². The second kappa shape index (κ2) is 6.58. The van der Waals surface area contributed by atoms with E-state index in [1.165, 1.54) is 36.6 Å². The molecule has 1 aliphatic rings. The van der Waals surface area contributed by atoms with Crippen LogP contribution >= 0.6 is 0 Å². The summed E-state index contributed by atoms with van der Waals surface area (Å²) in [6.45, 7) is 2.99. The summed E-state index contributed by atoms with van der Waals surface area (Å²) in [6.07, 6.45) is 5.56. The van der Waals surface area contributed by atoms with Gasteiger partial charge in [0, 0.05) is 38.1 Å². The average Bonchev–Trinajstić information content (AvgIpc) is 3.13. The molecule has 1 heterocycles. The lowest BCUT2D eigenvalue weighted by Crippen LogP contribution is -2.35. The lowest BCUT2D eigenvalue weighted by atomic mass is 10.2. The molecule has 1 aromatic heterocycles. The van der Waals surface area contributed by atoms with Gasteiger partial charge < -0.3 is 10.2 Å². The second-order valence-corrected chi connectivity index (χ2v) is 6.18. The summed E-state index contributed by atoms with van der Waals surface area (Å²) in [5.41, 5.74) is 2.36. The fraction of sp³-hybridized carbons (Fsp3) is 0.588. The lowest BCUT2D eigenvalue weighted by molar-refractivity contribution is 0.245. The maximum absolute atomic E-state index is 4.62. The van der Waals surface area contributed by atoms with Crippen molar-refractivity contribution in [3.63, 3.8) is 0 Å². The van der Waals surface area contributed by atoms with E-state index in [2.05, 4.69) is 46.6 Å². The minimum Gasteiger partial charge on any atom is -0.310 e. The third kappa shape index (κ3) is 3.27. The Morgan fingerprint density at radius 2 is 2.05 bits per heavy atom. The van der Waals surface area contributed by atoms with Crippen LogP contribution in [-0.2, 0) is 13.6 Å². The van der Waals surface area contributed by atoms with E-state index in [1.807, 2.05) is 11.7 Å². The maximum Gasteiger partial charge on any atom is 0.0841 e. The quantitative estimate of drug-likeness (QED) is 0.828. The minimum atomic E-state index is 0.808. The monoisotopic (exact) mass is 286 g/mol. The van der Waals surface area contributed by atoms with Gasteiger partial charge in [0.15, 0.2) is 0 Å². The summed E-state index contributed by atoms with van der Waals surface area (Å²) in [5, 5.41) is 9.43. The Balaban J connectivity index is 1.50. The van der Waals surface area contributed by atoms with Crippen LogP contribution in [0.25, 0.3) is 10.9 Å². The summed E-state index contributed by atoms with van der Waals surface area (Å²) < 4.78 is 1.97. The van der Waals surface area contributed by atoms with Crippen molar-refractivity contribution in [3.05, 3.63) is 30.0 Å². The third-order valence-corrected chi connectivity index (χ3v) is 4.72. The zero-order valence-corrected chi connectivity index (χ0v) is 13.2. The fourth-order valence-electron chi connectivity index (χ4n) is 3.41. The molecule has 114 valence electrons. The Bertz CT molecular complexity index is 583. The van der Waals surface area contributed by atoms with Crippen LogP contribution in [0, 0.1) is 0 Å². The van der Waals surface area contributed by atoms with Crippen molar-refractivity contribution in [2.75, 3.05) is 20.1 Å². The molecule has 4 heteroatoms. The number of fused-ring (bicyclic) bond motifs is 1. The summed E-state index contributed by atoms with van der Waals surface area (Å²) in [4.78, 5) is 2.51. The van der Waals surface area contributed by atoms with Crippen molar-refractivity contribution >= 4 is 10.9 Å². The molecule has 21 heavy (non-hydrogen) atoms. The highest BCUT2D eigenvalue weighted by Gasteiger charge is 2.18. The number of nitrogens with one attached hydrogen (secondary N) is 1. The van der Waals surface area contributed by atoms with Gasteiger partial charge in [-0.1, -0.05) is 31.0 Å². The van der Waals surface area contributed by atoms with E-state index in [4.69, 9.17) is 0 Å².